The van der Waals surface area contributed by atoms with Gasteiger partial charge in [0, 0.05) is 11.4 Å². The smallest absolute Gasteiger partial charge is 0.197 e. The van der Waals surface area contributed by atoms with Crippen molar-refractivity contribution in [3.63, 3.8) is 0 Å². The first-order valence-electron chi connectivity index (χ1n) is 7.51. The molecule has 3 nitrogen and oxygen atoms in total. The fourth-order valence-electron chi connectivity index (χ4n) is 2.63. The Bertz CT molecular complexity index is 808. The average Bonchev–Trinajstić information content (AvgIpc) is 2.56. The third kappa shape index (κ3) is 3.24. The van der Waals surface area contributed by atoms with Crippen molar-refractivity contribution < 1.29 is 0 Å². The van der Waals surface area contributed by atoms with Gasteiger partial charge in [0.25, 0.3) is 0 Å². The van der Waals surface area contributed by atoms with Gasteiger partial charge in [0.15, 0.2) is 5.96 Å². The van der Waals surface area contributed by atoms with Gasteiger partial charge in [-0.1, -0.05) is 60.2 Å². The molecule has 0 radical (unpaired) electrons. The number of nitrogens with zero attached hydrogens (tertiary/aromatic N) is 1. The van der Waals surface area contributed by atoms with Gasteiger partial charge in [-0.25, -0.2) is 0 Å². The summed E-state index contributed by atoms with van der Waals surface area (Å²) in [6.45, 7) is 2.09. The van der Waals surface area contributed by atoms with Crippen molar-refractivity contribution in [3.8, 4) is 11.1 Å². The molecule has 0 bridgehead atoms. The predicted octanol–water partition coefficient (Wildman–Crippen LogP) is 4.69. The van der Waals surface area contributed by atoms with Crippen LogP contribution in [-0.4, -0.2) is 5.96 Å². The van der Waals surface area contributed by atoms with Crippen LogP contribution in [0.15, 0.2) is 78.9 Å². The molecule has 0 fully saturated rings. The summed E-state index contributed by atoms with van der Waals surface area (Å²) in [6.07, 6.45) is 0. The standard InChI is InChI=1S/C20H19N3/c1-15-6-5-7-17(14-15)16-10-12-19(13-11-16)23(20(21)22)18-8-3-2-4-9-18/h2-14H,1H3,(H3,21,22). The van der Waals surface area contributed by atoms with Crippen molar-refractivity contribution in [2.24, 2.45) is 5.73 Å². The number of hydrogen-bond donors (Lipinski definition) is 2. The van der Waals surface area contributed by atoms with Crippen LogP contribution in [0.1, 0.15) is 5.56 Å². The third-order valence-electron chi connectivity index (χ3n) is 3.73. The lowest BCUT2D eigenvalue weighted by molar-refractivity contribution is 1.26. The van der Waals surface area contributed by atoms with Gasteiger partial charge in [0.05, 0.1) is 0 Å². The molecule has 0 atom stereocenters. The quantitative estimate of drug-likeness (QED) is 0.544. The summed E-state index contributed by atoms with van der Waals surface area (Å²) in [5, 5.41) is 7.88. The van der Waals surface area contributed by atoms with Crippen LogP contribution in [0.25, 0.3) is 11.1 Å². The molecule has 3 aromatic carbocycles. The molecule has 0 saturated carbocycles. The van der Waals surface area contributed by atoms with Gasteiger partial charge in [-0.15, -0.1) is 0 Å². The molecule has 0 aromatic heterocycles. The van der Waals surface area contributed by atoms with E-state index in [9.17, 15) is 0 Å². The summed E-state index contributed by atoms with van der Waals surface area (Å²) in [5.74, 6) is -0.000458. The summed E-state index contributed by atoms with van der Waals surface area (Å²) in [6, 6.07) is 26.2. The van der Waals surface area contributed by atoms with Gasteiger partial charge in [-0.2, -0.15) is 0 Å². The number of anilines is 2. The first kappa shape index (κ1) is 14.9. The largest absolute Gasteiger partial charge is 0.369 e. The first-order valence-corrected chi connectivity index (χ1v) is 7.51. The maximum absolute atomic E-state index is 7.88. The van der Waals surface area contributed by atoms with Crippen molar-refractivity contribution >= 4 is 17.3 Å². The number of benzene rings is 3. The van der Waals surface area contributed by atoms with Crippen LogP contribution >= 0.6 is 0 Å². The second-order valence-corrected chi connectivity index (χ2v) is 5.47. The van der Waals surface area contributed by atoms with Gasteiger partial charge in [0.1, 0.15) is 0 Å². The Morgan fingerprint density at radius 2 is 1.43 bits per heavy atom. The lowest BCUT2D eigenvalue weighted by atomic mass is 10.0. The monoisotopic (exact) mass is 301 g/mol. The molecule has 0 aliphatic carbocycles. The Morgan fingerprint density at radius 1 is 0.783 bits per heavy atom. The molecule has 3 heteroatoms. The molecule has 0 spiro atoms. The highest BCUT2D eigenvalue weighted by molar-refractivity contribution is 6.00. The number of guanidine groups is 1. The highest BCUT2D eigenvalue weighted by Gasteiger charge is 2.12. The molecule has 3 rings (SSSR count). The number of nitrogens with one attached hydrogen (secondary N) is 1. The van der Waals surface area contributed by atoms with E-state index in [2.05, 4.69) is 43.3 Å². The van der Waals surface area contributed by atoms with E-state index in [1.807, 2.05) is 42.5 Å². The topological polar surface area (TPSA) is 53.1 Å². The van der Waals surface area contributed by atoms with Gasteiger partial charge < -0.3 is 5.73 Å². The zero-order valence-electron chi connectivity index (χ0n) is 13.0. The fraction of sp³-hybridized carbons (Fsp3) is 0.0500. The molecule has 0 aliphatic heterocycles. The minimum atomic E-state index is -0.000458. The minimum absolute atomic E-state index is 0.000458. The molecule has 0 amide bonds. The van der Waals surface area contributed by atoms with Crippen LogP contribution in [-0.2, 0) is 0 Å². The molecule has 3 N–H and O–H groups in total. The Morgan fingerprint density at radius 3 is 2.04 bits per heavy atom. The van der Waals surface area contributed by atoms with Crippen LogP contribution in [0.5, 0.6) is 0 Å². The number of hydrogen-bond acceptors (Lipinski definition) is 1. The van der Waals surface area contributed by atoms with Crippen molar-refractivity contribution in [1.29, 1.82) is 5.41 Å². The van der Waals surface area contributed by atoms with Crippen molar-refractivity contribution in [3.05, 3.63) is 84.4 Å². The Kier molecular flexibility index (Phi) is 4.11. The molecular weight excluding hydrogens is 282 g/mol. The molecule has 23 heavy (non-hydrogen) atoms. The second-order valence-electron chi connectivity index (χ2n) is 5.47. The number of rotatable bonds is 3. The van der Waals surface area contributed by atoms with E-state index >= 15 is 0 Å². The van der Waals surface area contributed by atoms with E-state index in [4.69, 9.17) is 11.1 Å². The van der Waals surface area contributed by atoms with Gasteiger partial charge in [-0.3, -0.25) is 10.3 Å². The van der Waals surface area contributed by atoms with Crippen LogP contribution < -0.4 is 10.6 Å². The summed E-state index contributed by atoms with van der Waals surface area (Å²) >= 11 is 0. The maximum atomic E-state index is 7.88. The minimum Gasteiger partial charge on any atom is -0.369 e. The number of nitrogens with two attached hydrogens (primary N) is 1. The van der Waals surface area contributed by atoms with Crippen LogP contribution in [0.3, 0.4) is 0 Å². The summed E-state index contributed by atoms with van der Waals surface area (Å²) in [4.78, 5) is 1.72. The molecule has 0 saturated heterocycles. The second kappa shape index (κ2) is 6.36. The van der Waals surface area contributed by atoms with Crippen LogP contribution in [0.2, 0.25) is 0 Å². The van der Waals surface area contributed by atoms with E-state index in [-0.39, 0.29) is 5.96 Å². The lowest BCUT2D eigenvalue weighted by Crippen LogP contribution is -2.32. The molecule has 0 aliphatic rings. The SMILES string of the molecule is Cc1cccc(-c2ccc(N(C(=N)N)c3ccccc3)cc2)c1. The fourth-order valence-corrected chi connectivity index (χ4v) is 2.63. The van der Waals surface area contributed by atoms with E-state index < -0.39 is 0 Å². The van der Waals surface area contributed by atoms with Crippen LogP contribution in [0, 0.1) is 12.3 Å². The van der Waals surface area contributed by atoms with E-state index in [1.165, 1.54) is 11.1 Å². The molecule has 3 aromatic rings. The summed E-state index contributed by atoms with van der Waals surface area (Å²) < 4.78 is 0. The lowest BCUT2D eigenvalue weighted by Gasteiger charge is -2.23. The Hall–Kier alpha value is -3.07. The van der Waals surface area contributed by atoms with Crippen molar-refractivity contribution in [1.82, 2.24) is 0 Å². The van der Waals surface area contributed by atoms with Gasteiger partial charge >= 0.3 is 0 Å². The zero-order valence-corrected chi connectivity index (χ0v) is 13.0. The maximum Gasteiger partial charge on any atom is 0.197 e. The molecule has 0 heterocycles. The highest BCUT2D eigenvalue weighted by Crippen LogP contribution is 2.28. The number of aryl methyl sites for hydroxylation is 1. The van der Waals surface area contributed by atoms with E-state index in [0.717, 1.165) is 16.9 Å². The molecule has 114 valence electrons. The van der Waals surface area contributed by atoms with E-state index in [1.54, 1.807) is 4.90 Å². The Balaban J connectivity index is 1.96. The normalized spacial score (nSPS) is 10.3. The van der Waals surface area contributed by atoms with Gasteiger partial charge in [0.2, 0.25) is 0 Å². The molecule has 0 unspecified atom stereocenters. The summed E-state index contributed by atoms with van der Waals surface area (Å²) in [7, 11) is 0. The van der Waals surface area contributed by atoms with Crippen molar-refractivity contribution in [2.75, 3.05) is 4.90 Å². The summed E-state index contributed by atoms with van der Waals surface area (Å²) in [5.41, 5.74) is 11.1. The van der Waals surface area contributed by atoms with Crippen LogP contribution in [0.4, 0.5) is 11.4 Å². The average molecular weight is 301 g/mol. The number of para-hydroxylation sites is 1. The highest BCUT2D eigenvalue weighted by atomic mass is 15.2. The zero-order chi connectivity index (χ0) is 16.2. The third-order valence-corrected chi connectivity index (χ3v) is 3.73. The van der Waals surface area contributed by atoms with E-state index in [0.29, 0.717) is 0 Å². The van der Waals surface area contributed by atoms with Crippen molar-refractivity contribution in [2.45, 2.75) is 6.92 Å². The van der Waals surface area contributed by atoms with Gasteiger partial charge in [-0.05, 0) is 42.3 Å². The Labute approximate surface area is 136 Å². The predicted molar refractivity (Wildman–Crippen MR) is 97.1 cm³/mol. The molecular formula is C20H19N3. The first-order chi connectivity index (χ1) is 11.1.